The quantitative estimate of drug-likeness (QED) is 0.766. The first-order chi connectivity index (χ1) is 10.1. The molecule has 2 rings (SSSR count). The van der Waals surface area contributed by atoms with Crippen LogP contribution in [0.4, 0.5) is 5.82 Å². The average molecular weight is 285 g/mol. The van der Waals surface area contributed by atoms with Crippen LogP contribution in [0, 0.1) is 0 Å². The highest BCUT2D eigenvalue weighted by molar-refractivity contribution is 5.94. The number of hydrogen-bond acceptors (Lipinski definition) is 4. The summed E-state index contributed by atoms with van der Waals surface area (Å²) in [6, 6.07) is 12.2. The van der Waals surface area contributed by atoms with Crippen molar-refractivity contribution in [3.05, 3.63) is 54.2 Å². The summed E-state index contributed by atoms with van der Waals surface area (Å²) >= 11 is 0. The minimum absolute atomic E-state index is 0.0693. The van der Waals surface area contributed by atoms with E-state index in [9.17, 15) is 14.7 Å². The Morgan fingerprint density at radius 1 is 1.05 bits per heavy atom. The van der Waals surface area contributed by atoms with Crippen molar-refractivity contribution in [1.29, 1.82) is 0 Å². The molecule has 0 aliphatic heterocycles. The second-order valence-corrected chi connectivity index (χ2v) is 4.36. The van der Waals surface area contributed by atoms with Crippen LogP contribution in [0.25, 0.3) is 0 Å². The van der Waals surface area contributed by atoms with Gasteiger partial charge in [0.1, 0.15) is 0 Å². The molecule has 2 aromatic rings. The minimum Gasteiger partial charge on any atom is -0.504 e. The van der Waals surface area contributed by atoms with Crippen molar-refractivity contribution in [1.82, 2.24) is 10.3 Å². The lowest BCUT2D eigenvalue weighted by molar-refractivity contribution is -0.123. The first-order valence-electron chi connectivity index (χ1n) is 6.39. The number of rotatable bonds is 5. The summed E-state index contributed by atoms with van der Waals surface area (Å²) in [7, 11) is 0. The van der Waals surface area contributed by atoms with Crippen molar-refractivity contribution in [2.45, 2.75) is 6.42 Å². The van der Waals surface area contributed by atoms with Gasteiger partial charge in [-0.05, 0) is 17.7 Å². The highest BCUT2D eigenvalue weighted by Gasteiger charge is 2.09. The molecule has 0 fully saturated rings. The lowest BCUT2D eigenvalue weighted by Gasteiger charge is -2.07. The van der Waals surface area contributed by atoms with E-state index in [-0.39, 0.29) is 30.4 Å². The van der Waals surface area contributed by atoms with Gasteiger partial charge >= 0.3 is 0 Å². The topological polar surface area (TPSA) is 91.3 Å². The summed E-state index contributed by atoms with van der Waals surface area (Å²) in [4.78, 5) is 27.1. The van der Waals surface area contributed by atoms with E-state index in [4.69, 9.17) is 0 Å². The summed E-state index contributed by atoms with van der Waals surface area (Å²) in [5, 5.41) is 14.4. The fraction of sp³-hybridized carbons (Fsp3) is 0.133. The zero-order chi connectivity index (χ0) is 15.1. The van der Waals surface area contributed by atoms with Crippen LogP contribution in [-0.4, -0.2) is 28.4 Å². The number of pyridine rings is 1. The van der Waals surface area contributed by atoms with Gasteiger partial charge in [0.15, 0.2) is 11.6 Å². The Labute approximate surface area is 121 Å². The number of anilines is 1. The fourth-order valence-corrected chi connectivity index (χ4v) is 1.69. The Bertz CT molecular complexity index is 629. The average Bonchev–Trinajstić information content (AvgIpc) is 2.49. The number of aromatic nitrogens is 1. The number of carbonyl (C=O) groups excluding carboxylic acids is 2. The van der Waals surface area contributed by atoms with E-state index in [1.807, 2.05) is 30.3 Å². The lowest BCUT2D eigenvalue weighted by Crippen LogP contribution is -2.33. The third kappa shape index (κ3) is 4.61. The van der Waals surface area contributed by atoms with Gasteiger partial charge in [0.05, 0.1) is 13.0 Å². The van der Waals surface area contributed by atoms with Crippen LogP contribution in [0.2, 0.25) is 0 Å². The summed E-state index contributed by atoms with van der Waals surface area (Å²) < 4.78 is 0. The number of aromatic hydroxyl groups is 1. The highest BCUT2D eigenvalue weighted by Crippen LogP contribution is 2.17. The number of carbonyl (C=O) groups is 2. The molecule has 0 aliphatic carbocycles. The smallest absolute Gasteiger partial charge is 0.245 e. The van der Waals surface area contributed by atoms with Crippen LogP contribution in [0.1, 0.15) is 5.56 Å². The van der Waals surface area contributed by atoms with Crippen molar-refractivity contribution in [2.24, 2.45) is 0 Å². The van der Waals surface area contributed by atoms with Gasteiger partial charge in [-0.2, -0.15) is 0 Å². The Morgan fingerprint density at radius 2 is 1.81 bits per heavy atom. The van der Waals surface area contributed by atoms with Gasteiger partial charge in [-0.1, -0.05) is 30.3 Å². The normalized spacial score (nSPS) is 9.90. The minimum atomic E-state index is -0.453. The van der Waals surface area contributed by atoms with Gasteiger partial charge in [0.25, 0.3) is 0 Å². The molecule has 0 saturated carbocycles. The van der Waals surface area contributed by atoms with Gasteiger partial charge in [0, 0.05) is 6.20 Å². The van der Waals surface area contributed by atoms with Crippen LogP contribution in [0.5, 0.6) is 5.75 Å². The molecule has 0 spiro atoms. The maximum Gasteiger partial charge on any atom is 0.245 e. The molecular weight excluding hydrogens is 270 g/mol. The lowest BCUT2D eigenvalue weighted by atomic mass is 10.1. The maximum absolute atomic E-state index is 11.7. The van der Waals surface area contributed by atoms with Crippen LogP contribution < -0.4 is 10.6 Å². The predicted octanol–water partition coefficient (Wildman–Crippen LogP) is 1.08. The van der Waals surface area contributed by atoms with Crippen LogP contribution in [-0.2, 0) is 16.0 Å². The van der Waals surface area contributed by atoms with Crippen LogP contribution in [0.15, 0.2) is 48.7 Å². The molecule has 6 heteroatoms. The van der Waals surface area contributed by atoms with E-state index >= 15 is 0 Å². The first-order valence-corrected chi connectivity index (χ1v) is 6.39. The predicted molar refractivity (Wildman–Crippen MR) is 77.7 cm³/mol. The molecule has 3 N–H and O–H groups in total. The van der Waals surface area contributed by atoms with E-state index in [1.165, 1.54) is 12.3 Å². The summed E-state index contributed by atoms with van der Waals surface area (Å²) in [5.41, 5.74) is 0.873. The second kappa shape index (κ2) is 7.04. The zero-order valence-corrected chi connectivity index (χ0v) is 11.2. The Kier molecular flexibility index (Phi) is 4.87. The number of nitrogens with one attached hydrogen (secondary N) is 2. The number of benzene rings is 1. The molecule has 1 heterocycles. The molecule has 0 aliphatic rings. The largest absolute Gasteiger partial charge is 0.504 e. The van der Waals surface area contributed by atoms with Crippen molar-refractivity contribution < 1.29 is 14.7 Å². The standard InChI is InChI=1S/C15H15N3O3/c19-12-7-4-8-16-15(12)18-14(21)10-17-13(20)9-11-5-2-1-3-6-11/h1-8,19H,9-10H2,(H,17,20)(H,16,18,21). The molecule has 2 amide bonds. The molecule has 108 valence electrons. The maximum atomic E-state index is 11.7. The van der Waals surface area contributed by atoms with Gasteiger partial charge in [-0.15, -0.1) is 0 Å². The number of nitrogens with zero attached hydrogens (tertiary/aromatic N) is 1. The first kappa shape index (κ1) is 14.5. The number of amides is 2. The van der Waals surface area contributed by atoms with Gasteiger partial charge in [-0.3, -0.25) is 9.59 Å². The van der Waals surface area contributed by atoms with Crippen LogP contribution in [0.3, 0.4) is 0 Å². The molecule has 0 radical (unpaired) electrons. The third-order valence-electron chi connectivity index (χ3n) is 2.70. The number of hydrogen-bond donors (Lipinski definition) is 3. The molecule has 0 unspecified atom stereocenters. The van der Waals surface area contributed by atoms with Crippen LogP contribution >= 0.6 is 0 Å². The zero-order valence-electron chi connectivity index (χ0n) is 11.2. The summed E-state index contributed by atoms with van der Waals surface area (Å²) in [6.45, 7) is -0.179. The molecule has 1 aromatic heterocycles. The molecule has 0 atom stereocenters. The molecule has 0 saturated heterocycles. The second-order valence-electron chi connectivity index (χ2n) is 4.36. The molecule has 21 heavy (non-hydrogen) atoms. The van der Waals surface area contributed by atoms with Crippen molar-refractivity contribution in [2.75, 3.05) is 11.9 Å². The fourth-order valence-electron chi connectivity index (χ4n) is 1.69. The van der Waals surface area contributed by atoms with E-state index in [0.717, 1.165) is 5.56 Å². The van der Waals surface area contributed by atoms with E-state index in [1.54, 1.807) is 6.07 Å². The van der Waals surface area contributed by atoms with E-state index in [2.05, 4.69) is 15.6 Å². The van der Waals surface area contributed by atoms with Gasteiger partial charge in [0.2, 0.25) is 11.8 Å². The van der Waals surface area contributed by atoms with Gasteiger partial charge < -0.3 is 15.7 Å². The Hall–Kier alpha value is -2.89. The van der Waals surface area contributed by atoms with Gasteiger partial charge in [-0.25, -0.2) is 4.98 Å². The molecular formula is C15H15N3O3. The molecule has 0 bridgehead atoms. The Balaban J connectivity index is 1.79. The molecule has 6 nitrogen and oxygen atoms in total. The van der Waals surface area contributed by atoms with E-state index < -0.39 is 5.91 Å². The third-order valence-corrected chi connectivity index (χ3v) is 2.70. The SMILES string of the molecule is O=C(Cc1ccccc1)NCC(=O)Nc1ncccc1O. The summed E-state index contributed by atoms with van der Waals surface area (Å²) in [6.07, 6.45) is 1.66. The van der Waals surface area contributed by atoms with E-state index in [0.29, 0.717) is 0 Å². The highest BCUT2D eigenvalue weighted by atomic mass is 16.3. The van der Waals surface area contributed by atoms with Crippen molar-refractivity contribution >= 4 is 17.6 Å². The summed E-state index contributed by atoms with van der Waals surface area (Å²) in [5.74, 6) is -0.756. The van der Waals surface area contributed by atoms with Crippen molar-refractivity contribution in [3.8, 4) is 5.75 Å². The molecule has 1 aromatic carbocycles. The Morgan fingerprint density at radius 3 is 2.52 bits per heavy atom. The van der Waals surface area contributed by atoms with Crippen molar-refractivity contribution in [3.63, 3.8) is 0 Å². The monoisotopic (exact) mass is 285 g/mol.